The summed E-state index contributed by atoms with van der Waals surface area (Å²) in [5.41, 5.74) is 0. The van der Waals surface area contributed by atoms with E-state index >= 15 is 0 Å². The van der Waals surface area contributed by atoms with Crippen LogP contribution in [0.15, 0.2) is 48.5 Å². The van der Waals surface area contributed by atoms with Crippen molar-refractivity contribution in [2.75, 3.05) is 13.6 Å². The summed E-state index contributed by atoms with van der Waals surface area (Å²) >= 11 is 0. The quantitative estimate of drug-likeness (QED) is 0.659. The van der Waals surface area contributed by atoms with Crippen molar-refractivity contribution in [3.63, 3.8) is 0 Å². The molecule has 0 aliphatic heterocycles. The molecule has 2 N–H and O–H groups in total. The van der Waals surface area contributed by atoms with E-state index in [0.717, 1.165) is 0 Å². The van der Waals surface area contributed by atoms with E-state index in [1.165, 1.54) is 0 Å². The van der Waals surface area contributed by atoms with Crippen molar-refractivity contribution < 1.29 is 52.4 Å². The van der Waals surface area contributed by atoms with Crippen LogP contribution in [-0.4, -0.2) is 23.8 Å². The molecule has 0 saturated carbocycles. The fourth-order valence-corrected chi connectivity index (χ4v) is 1.08. The summed E-state index contributed by atoms with van der Waals surface area (Å²) in [6, 6.07) is 19.5. The molecule has 0 bridgehead atoms. The molecule has 99 valence electrons. The summed E-state index contributed by atoms with van der Waals surface area (Å²) in [6.07, 6.45) is 0. The normalized spacial score (nSPS) is 8.53. The average Bonchev–Trinajstić information content (AvgIpc) is 2.43. The molecule has 2 rings (SSSR count). The van der Waals surface area contributed by atoms with Gasteiger partial charge in [0, 0.05) is 44.2 Å². The molecule has 5 heteroatoms. The summed E-state index contributed by atoms with van der Waals surface area (Å²) in [4.78, 5) is 0. The number of rotatable bonds is 4. The van der Waals surface area contributed by atoms with Gasteiger partial charge in [0.1, 0.15) is 0 Å². The molecule has 0 aliphatic carbocycles. The first-order valence-electron chi connectivity index (χ1n) is 5.26. The second-order valence-corrected chi connectivity index (χ2v) is 3.02. The first-order valence-corrected chi connectivity index (χ1v) is 5.26. The molecule has 4 nitrogen and oxygen atoms in total. The minimum Gasteiger partial charge on any atom is -0.493 e. The molecule has 1 radical (unpaired) electrons. The summed E-state index contributed by atoms with van der Waals surface area (Å²) in [6.45, 7) is -0.548. The molecule has 0 spiro atoms. The Bertz CT molecular complexity index is 367. The Labute approximate surface area is 137 Å². The van der Waals surface area contributed by atoms with Gasteiger partial charge in [-0.25, -0.2) is 0 Å². The van der Waals surface area contributed by atoms with Gasteiger partial charge in [-0.05, 0) is 0 Å². The Hall–Kier alpha value is -0.936. The van der Waals surface area contributed by atoms with E-state index in [1.807, 2.05) is 0 Å². The summed E-state index contributed by atoms with van der Waals surface area (Å²) in [7, 11) is 0. The second kappa shape index (κ2) is 12.1. The Balaban J connectivity index is 0.000000324. The average molecular weight is 335 g/mol. The van der Waals surface area contributed by atoms with Gasteiger partial charge in [0.15, 0.2) is 13.6 Å². The Morgan fingerprint density at radius 1 is 0.737 bits per heavy atom. The van der Waals surface area contributed by atoms with Gasteiger partial charge in [0.25, 0.3) is 0 Å². The van der Waals surface area contributed by atoms with Crippen molar-refractivity contribution in [2.24, 2.45) is 0 Å². The van der Waals surface area contributed by atoms with Gasteiger partial charge < -0.3 is 19.7 Å². The standard InChI is InChI=1S/2C7H7O2.Y/c2*8-6-9-7-4-2-1-3-5-7;/h2*2-5,8H,6H2;/q2*-1;. The van der Waals surface area contributed by atoms with Crippen LogP contribution in [0.4, 0.5) is 0 Å². The Morgan fingerprint density at radius 3 is 1.32 bits per heavy atom. The minimum absolute atomic E-state index is 0. The smallest absolute Gasteiger partial charge is 0.183 e. The maximum Gasteiger partial charge on any atom is 0.183 e. The largest absolute Gasteiger partial charge is 0.493 e. The van der Waals surface area contributed by atoms with Crippen LogP contribution in [-0.2, 0) is 32.7 Å². The molecular weight excluding hydrogens is 321 g/mol. The van der Waals surface area contributed by atoms with E-state index in [4.69, 9.17) is 19.7 Å². The first-order chi connectivity index (χ1) is 8.86. The number of ether oxygens (including phenoxy) is 2. The number of aliphatic hydroxyl groups excluding tert-OH is 2. The number of hydrogen-bond donors (Lipinski definition) is 2. The van der Waals surface area contributed by atoms with Gasteiger partial charge in [0.05, 0.1) is 0 Å². The molecular formula is C14H14O4Y-2. The van der Waals surface area contributed by atoms with Crippen LogP contribution in [0.2, 0.25) is 0 Å². The van der Waals surface area contributed by atoms with Crippen LogP contribution >= 0.6 is 0 Å². The molecule has 0 aromatic heterocycles. The van der Waals surface area contributed by atoms with E-state index in [9.17, 15) is 0 Å². The number of benzene rings is 2. The fourth-order valence-electron chi connectivity index (χ4n) is 1.08. The SMILES string of the molecule is OCOc1cc[c-]cc1.OCOc1cc[c-]cc1.[Y]. The third kappa shape index (κ3) is 8.73. The summed E-state index contributed by atoms with van der Waals surface area (Å²) in [5.74, 6) is 1.33. The van der Waals surface area contributed by atoms with Crippen molar-refractivity contribution in [1.29, 1.82) is 0 Å². The summed E-state index contributed by atoms with van der Waals surface area (Å²) < 4.78 is 9.48. The first kappa shape index (κ1) is 18.1. The van der Waals surface area contributed by atoms with Gasteiger partial charge >= 0.3 is 0 Å². The second-order valence-electron chi connectivity index (χ2n) is 3.02. The molecule has 0 unspecified atom stereocenters. The van der Waals surface area contributed by atoms with Gasteiger partial charge in [0.2, 0.25) is 0 Å². The van der Waals surface area contributed by atoms with E-state index in [-0.39, 0.29) is 46.3 Å². The van der Waals surface area contributed by atoms with E-state index < -0.39 is 0 Å². The zero-order valence-corrected chi connectivity index (χ0v) is 13.2. The zero-order chi connectivity index (χ0) is 13.1. The van der Waals surface area contributed by atoms with Crippen LogP contribution in [0.5, 0.6) is 11.5 Å². The van der Waals surface area contributed by atoms with Gasteiger partial charge in [-0.2, -0.15) is 36.4 Å². The van der Waals surface area contributed by atoms with Crippen LogP contribution in [0, 0.1) is 12.1 Å². The molecule has 19 heavy (non-hydrogen) atoms. The molecule has 0 saturated heterocycles. The zero-order valence-electron chi connectivity index (χ0n) is 10.3. The van der Waals surface area contributed by atoms with Crippen LogP contribution in [0.3, 0.4) is 0 Å². The van der Waals surface area contributed by atoms with E-state index in [2.05, 4.69) is 12.1 Å². The van der Waals surface area contributed by atoms with E-state index in [1.54, 1.807) is 48.5 Å². The van der Waals surface area contributed by atoms with Crippen LogP contribution in [0.25, 0.3) is 0 Å². The third-order valence-corrected chi connectivity index (χ3v) is 1.84. The predicted octanol–water partition coefficient (Wildman–Crippen LogP) is 1.63. The number of aliphatic hydroxyl groups is 2. The summed E-state index contributed by atoms with van der Waals surface area (Å²) in [5, 5.41) is 16.6. The molecule has 0 amide bonds. The molecule has 0 fully saturated rings. The van der Waals surface area contributed by atoms with Crippen LogP contribution < -0.4 is 9.47 Å². The maximum atomic E-state index is 8.29. The Kier molecular flexibility index (Phi) is 11.5. The maximum absolute atomic E-state index is 8.29. The van der Waals surface area contributed by atoms with Crippen molar-refractivity contribution in [1.82, 2.24) is 0 Å². The topological polar surface area (TPSA) is 58.9 Å². The molecule has 0 heterocycles. The number of hydrogen-bond acceptors (Lipinski definition) is 4. The fraction of sp³-hybridized carbons (Fsp3) is 0.143. The van der Waals surface area contributed by atoms with Gasteiger partial charge in [-0.15, -0.1) is 24.3 Å². The monoisotopic (exact) mass is 335 g/mol. The predicted molar refractivity (Wildman–Crippen MR) is 66.0 cm³/mol. The Morgan fingerprint density at radius 2 is 1.05 bits per heavy atom. The minimum atomic E-state index is -0.274. The van der Waals surface area contributed by atoms with Crippen molar-refractivity contribution >= 4 is 0 Å². The van der Waals surface area contributed by atoms with Gasteiger partial charge in [-0.1, -0.05) is 0 Å². The molecule has 2 aromatic rings. The molecule has 0 aliphatic rings. The van der Waals surface area contributed by atoms with Crippen LogP contribution in [0.1, 0.15) is 0 Å². The van der Waals surface area contributed by atoms with Crippen molar-refractivity contribution in [3.8, 4) is 11.5 Å². The van der Waals surface area contributed by atoms with E-state index in [0.29, 0.717) is 11.5 Å². The molecule has 0 atom stereocenters. The van der Waals surface area contributed by atoms with Crippen molar-refractivity contribution in [2.45, 2.75) is 0 Å². The van der Waals surface area contributed by atoms with Crippen molar-refractivity contribution in [3.05, 3.63) is 60.7 Å². The van der Waals surface area contributed by atoms with Gasteiger partial charge in [-0.3, -0.25) is 0 Å². The molecule has 2 aromatic carbocycles. The third-order valence-electron chi connectivity index (χ3n) is 1.84.